The van der Waals surface area contributed by atoms with E-state index >= 15 is 0 Å². The highest BCUT2D eigenvalue weighted by Crippen LogP contribution is 2.40. The normalized spacial score (nSPS) is 10.4. The van der Waals surface area contributed by atoms with Gasteiger partial charge in [-0.25, -0.2) is 0 Å². The van der Waals surface area contributed by atoms with Crippen LogP contribution in [0.25, 0.3) is 22.3 Å². The molecule has 0 amide bonds. The molecule has 0 saturated carbocycles. The van der Waals surface area contributed by atoms with Crippen molar-refractivity contribution < 1.29 is 5.11 Å². The maximum Gasteiger partial charge on any atom is 0.131 e. The molecule has 98 valence electrons. The Hall–Kier alpha value is -2.06. The minimum absolute atomic E-state index is 0.311. The van der Waals surface area contributed by atoms with Crippen LogP contribution in [0.15, 0.2) is 77.3 Å². The summed E-state index contributed by atoms with van der Waals surface area (Å²) >= 11 is 3.53. The molecule has 0 heterocycles. The Labute approximate surface area is 126 Å². The largest absolute Gasteiger partial charge is 0.507 e. The van der Waals surface area contributed by atoms with Gasteiger partial charge in [-0.15, -0.1) is 0 Å². The number of aromatic hydroxyl groups is 1. The first kappa shape index (κ1) is 12.9. The SMILES string of the molecule is Oc1c(-c2ccccc2)cc(Br)cc1-c1ccccc1. The van der Waals surface area contributed by atoms with Crippen LogP contribution in [0.1, 0.15) is 0 Å². The minimum Gasteiger partial charge on any atom is -0.507 e. The molecule has 0 spiro atoms. The van der Waals surface area contributed by atoms with Crippen LogP contribution in [0.2, 0.25) is 0 Å². The molecule has 0 unspecified atom stereocenters. The second kappa shape index (κ2) is 5.51. The molecule has 1 N–H and O–H groups in total. The van der Waals surface area contributed by atoms with E-state index in [4.69, 9.17) is 0 Å². The van der Waals surface area contributed by atoms with Gasteiger partial charge in [0.15, 0.2) is 0 Å². The fourth-order valence-electron chi connectivity index (χ4n) is 2.27. The highest BCUT2D eigenvalue weighted by Gasteiger charge is 2.12. The first-order valence-corrected chi connectivity index (χ1v) is 7.18. The van der Waals surface area contributed by atoms with Crippen LogP contribution in [0.4, 0.5) is 0 Å². The Morgan fingerprint density at radius 1 is 0.650 bits per heavy atom. The summed E-state index contributed by atoms with van der Waals surface area (Å²) < 4.78 is 0.952. The predicted octanol–water partition coefficient (Wildman–Crippen LogP) is 5.49. The molecule has 0 bridgehead atoms. The lowest BCUT2D eigenvalue weighted by molar-refractivity contribution is 0.479. The number of rotatable bonds is 2. The van der Waals surface area contributed by atoms with E-state index < -0.39 is 0 Å². The van der Waals surface area contributed by atoms with E-state index in [9.17, 15) is 5.11 Å². The molecule has 0 aliphatic carbocycles. The van der Waals surface area contributed by atoms with Crippen molar-refractivity contribution >= 4 is 15.9 Å². The molecular formula is C18H13BrO. The van der Waals surface area contributed by atoms with Crippen LogP contribution in [0.3, 0.4) is 0 Å². The summed E-state index contributed by atoms with van der Waals surface area (Å²) in [6, 6.07) is 23.7. The maximum atomic E-state index is 10.6. The topological polar surface area (TPSA) is 20.2 Å². The molecule has 3 aromatic carbocycles. The Morgan fingerprint density at radius 2 is 1.05 bits per heavy atom. The minimum atomic E-state index is 0.311. The molecule has 0 atom stereocenters. The molecule has 2 heteroatoms. The summed E-state index contributed by atoms with van der Waals surface area (Å²) in [7, 11) is 0. The summed E-state index contributed by atoms with van der Waals surface area (Å²) in [6.07, 6.45) is 0. The molecule has 20 heavy (non-hydrogen) atoms. The summed E-state index contributed by atoms with van der Waals surface area (Å²) in [5.41, 5.74) is 3.67. The van der Waals surface area contributed by atoms with Crippen LogP contribution < -0.4 is 0 Å². The zero-order chi connectivity index (χ0) is 13.9. The Kier molecular flexibility index (Phi) is 3.57. The van der Waals surface area contributed by atoms with Gasteiger partial charge in [-0.2, -0.15) is 0 Å². The standard InChI is InChI=1S/C18H13BrO/c19-15-11-16(13-7-3-1-4-8-13)18(20)17(12-15)14-9-5-2-6-10-14/h1-12,20H. The van der Waals surface area contributed by atoms with Crippen LogP contribution >= 0.6 is 15.9 Å². The van der Waals surface area contributed by atoms with E-state index in [0.717, 1.165) is 26.7 Å². The van der Waals surface area contributed by atoms with Gasteiger partial charge in [0.05, 0.1) is 0 Å². The van der Waals surface area contributed by atoms with E-state index in [1.807, 2.05) is 72.8 Å². The quantitative estimate of drug-likeness (QED) is 0.661. The molecule has 0 fully saturated rings. The zero-order valence-corrected chi connectivity index (χ0v) is 12.3. The Morgan fingerprint density at radius 3 is 1.45 bits per heavy atom. The molecule has 3 aromatic rings. The van der Waals surface area contributed by atoms with Gasteiger partial charge in [-0.1, -0.05) is 76.6 Å². The Balaban J connectivity index is 2.22. The lowest BCUT2D eigenvalue weighted by Gasteiger charge is -2.11. The second-order valence-electron chi connectivity index (χ2n) is 4.58. The average molecular weight is 325 g/mol. The van der Waals surface area contributed by atoms with Gasteiger partial charge in [0.25, 0.3) is 0 Å². The van der Waals surface area contributed by atoms with Crippen molar-refractivity contribution in [3.05, 3.63) is 77.3 Å². The van der Waals surface area contributed by atoms with Gasteiger partial charge in [0.2, 0.25) is 0 Å². The highest BCUT2D eigenvalue weighted by atomic mass is 79.9. The summed E-state index contributed by atoms with van der Waals surface area (Å²) in [6.45, 7) is 0. The highest BCUT2D eigenvalue weighted by molar-refractivity contribution is 9.10. The fraction of sp³-hybridized carbons (Fsp3) is 0. The van der Waals surface area contributed by atoms with Crippen molar-refractivity contribution in [2.45, 2.75) is 0 Å². The average Bonchev–Trinajstić information content (AvgIpc) is 2.51. The smallest absolute Gasteiger partial charge is 0.131 e. The number of hydrogen-bond acceptors (Lipinski definition) is 1. The first-order chi connectivity index (χ1) is 9.75. The van der Waals surface area contributed by atoms with Gasteiger partial charge < -0.3 is 5.11 Å². The van der Waals surface area contributed by atoms with Crippen molar-refractivity contribution in [1.29, 1.82) is 0 Å². The number of hydrogen-bond donors (Lipinski definition) is 1. The van der Waals surface area contributed by atoms with Crippen molar-refractivity contribution in [3.8, 4) is 28.0 Å². The lowest BCUT2D eigenvalue weighted by Crippen LogP contribution is -1.85. The van der Waals surface area contributed by atoms with Crippen LogP contribution in [-0.2, 0) is 0 Å². The van der Waals surface area contributed by atoms with Crippen molar-refractivity contribution in [2.24, 2.45) is 0 Å². The van der Waals surface area contributed by atoms with Gasteiger partial charge >= 0.3 is 0 Å². The maximum absolute atomic E-state index is 10.6. The molecule has 0 radical (unpaired) electrons. The molecular weight excluding hydrogens is 312 g/mol. The van der Waals surface area contributed by atoms with E-state index in [1.54, 1.807) is 0 Å². The predicted molar refractivity (Wildman–Crippen MR) is 86.7 cm³/mol. The van der Waals surface area contributed by atoms with E-state index in [1.165, 1.54) is 0 Å². The summed E-state index contributed by atoms with van der Waals surface area (Å²) in [5.74, 6) is 0.311. The third kappa shape index (κ3) is 2.47. The van der Waals surface area contributed by atoms with Gasteiger partial charge in [-0.3, -0.25) is 0 Å². The zero-order valence-electron chi connectivity index (χ0n) is 10.8. The first-order valence-electron chi connectivity index (χ1n) is 6.39. The number of benzene rings is 3. The van der Waals surface area contributed by atoms with Crippen molar-refractivity contribution in [3.63, 3.8) is 0 Å². The Bertz CT molecular complexity index is 660. The number of phenolic OH excluding ortho intramolecular Hbond substituents is 1. The molecule has 0 aliphatic heterocycles. The fourth-order valence-corrected chi connectivity index (χ4v) is 2.73. The van der Waals surface area contributed by atoms with Crippen molar-refractivity contribution in [1.82, 2.24) is 0 Å². The molecule has 0 aliphatic rings. The number of halogens is 1. The van der Waals surface area contributed by atoms with Crippen LogP contribution in [0.5, 0.6) is 5.75 Å². The van der Waals surface area contributed by atoms with Gasteiger partial charge in [-0.05, 0) is 23.3 Å². The summed E-state index contributed by atoms with van der Waals surface area (Å²) in [5, 5.41) is 10.6. The van der Waals surface area contributed by atoms with Crippen LogP contribution in [0, 0.1) is 0 Å². The summed E-state index contributed by atoms with van der Waals surface area (Å²) in [4.78, 5) is 0. The number of phenols is 1. The van der Waals surface area contributed by atoms with Gasteiger partial charge in [0, 0.05) is 15.6 Å². The molecule has 0 aromatic heterocycles. The third-order valence-electron chi connectivity index (χ3n) is 3.24. The van der Waals surface area contributed by atoms with Crippen LogP contribution in [-0.4, -0.2) is 5.11 Å². The third-order valence-corrected chi connectivity index (χ3v) is 3.70. The molecule has 3 rings (SSSR count). The van der Waals surface area contributed by atoms with E-state index in [-0.39, 0.29) is 0 Å². The van der Waals surface area contributed by atoms with E-state index in [2.05, 4.69) is 15.9 Å². The molecule has 0 saturated heterocycles. The monoisotopic (exact) mass is 324 g/mol. The van der Waals surface area contributed by atoms with Gasteiger partial charge in [0.1, 0.15) is 5.75 Å². The van der Waals surface area contributed by atoms with Crippen molar-refractivity contribution in [2.75, 3.05) is 0 Å². The second-order valence-corrected chi connectivity index (χ2v) is 5.50. The molecule has 1 nitrogen and oxygen atoms in total. The lowest BCUT2D eigenvalue weighted by atomic mass is 9.97. The van der Waals surface area contributed by atoms with E-state index in [0.29, 0.717) is 5.75 Å².